The third-order valence-electron chi connectivity index (χ3n) is 0.900. The molecule has 0 fully saturated rings. The summed E-state index contributed by atoms with van der Waals surface area (Å²) in [6.45, 7) is 1.48. The minimum atomic E-state index is -0.435. The maximum Gasteiger partial charge on any atom is 0.228 e. The van der Waals surface area contributed by atoms with E-state index in [0.717, 1.165) is 0 Å². The molecule has 0 spiro atoms. The molecule has 0 aromatic carbocycles. The second kappa shape index (κ2) is 1.86. The Bertz CT molecular complexity index is 122. The van der Waals surface area contributed by atoms with E-state index in [2.05, 4.69) is 5.32 Å². The first-order chi connectivity index (χ1) is 3.80. The van der Waals surface area contributed by atoms with Gasteiger partial charge < -0.3 is 10.1 Å². The summed E-state index contributed by atoms with van der Waals surface area (Å²) in [7, 11) is 0. The number of rotatable bonds is 1. The average Bonchev–Trinajstić information content (AvgIpc) is 2.12. The fourth-order valence-corrected chi connectivity index (χ4v) is 0.497. The number of nitrogens with one attached hydrogen (secondary N) is 1. The SMILES string of the molecule is CC(=O)C1NC=CO1. The van der Waals surface area contributed by atoms with Gasteiger partial charge in [-0.2, -0.15) is 0 Å². The van der Waals surface area contributed by atoms with E-state index in [9.17, 15) is 4.79 Å². The molecule has 1 rings (SSSR count). The lowest BCUT2D eigenvalue weighted by Gasteiger charge is -2.04. The van der Waals surface area contributed by atoms with Crippen LogP contribution in [0.4, 0.5) is 0 Å². The van der Waals surface area contributed by atoms with Crippen LogP contribution in [-0.4, -0.2) is 12.0 Å². The van der Waals surface area contributed by atoms with Crippen LogP contribution < -0.4 is 5.32 Å². The highest BCUT2D eigenvalue weighted by molar-refractivity contribution is 5.80. The van der Waals surface area contributed by atoms with Gasteiger partial charge in [0.25, 0.3) is 0 Å². The molecule has 44 valence electrons. The second-order valence-electron chi connectivity index (χ2n) is 1.60. The molecule has 1 aliphatic rings. The summed E-state index contributed by atoms with van der Waals surface area (Å²) in [5, 5.41) is 2.70. The van der Waals surface area contributed by atoms with Gasteiger partial charge in [0.05, 0.1) is 0 Å². The van der Waals surface area contributed by atoms with E-state index in [1.54, 1.807) is 6.20 Å². The molecule has 1 unspecified atom stereocenters. The molecule has 3 nitrogen and oxygen atoms in total. The number of carbonyl (C=O) groups excluding carboxylic acids is 1. The average molecular weight is 113 g/mol. The topological polar surface area (TPSA) is 38.3 Å². The van der Waals surface area contributed by atoms with Crippen molar-refractivity contribution < 1.29 is 9.53 Å². The molecule has 0 saturated carbocycles. The number of ether oxygens (including phenoxy) is 1. The molecule has 3 heteroatoms. The third-order valence-corrected chi connectivity index (χ3v) is 0.900. The molecule has 1 heterocycles. The zero-order chi connectivity index (χ0) is 5.98. The second-order valence-corrected chi connectivity index (χ2v) is 1.60. The zero-order valence-corrected chi connectivity index (χ0v) is 4.55. The molecule has 0 bridgehead atoms. The number of carbonyl (C=O) groups is 1. The maximum absolute atomic E-state index is 10.4. The van der Waals surface area contributed by atoms with Crippen molar-refractivity contribution in [1.29, 1.82) is 0 Å². The van der Waals surface area contributed by atoms with Gasteiger partial charge in [0.15, 0.2) is 5.78 Å². The molecule has 8 heavy (non-hydrogen) atoms. The first-order valence-electron chi connectivity index (χ1n) is 2.37. The van der Waals surface area contributed by atoms with Gasteiger partial charge in [0.1, 0.15) is 6.26 Å². The Kier molecular flexibility index (Phi) is 1.20. The smallest absolute Gasteiger partial charge is 0.228 e. The van der Waals surface area contributed by atoms with Gasteiger partial charge in [0.2, 0.25) is 6.23 Å². The van der Waals surface area contributed by atoms with Crippen molar-refractivity contribution in [2.45, 2.75) is 13.2 Å². The molecule has 1 N–H and O–H groups in total. The summed E-state index contributed by atoms with van der Waals surface area (Å²) in [5.41, 5.74) is 0. The molecule has 0 aromatic rings. The van der Waals surface area contributed by atoms with Crippen molar-refractivity contribution in [3.05, 3.63) is 12.5 Å². The largest absolute Gasteiger partial charge is 0.469 e. The predicted molar refractivity (Wildman–Crippen MR) is 27.8 cm³/mol. The molecule has 0 aromatic heterocycles. The van der Waals surface area contributed by atoms with Crippen molar-refractivity contribution in [2.24, 2.45) is 0 Å². The van der Waals surface area contributed by atoms with Crippen LogP contribution in [0.3, 0.4) is 0 Å². The van der Waals surface area contributed by atoms with Crippen LogP contribution in [-0.2, 0) is 9.53 Å². The normalized spacial score (nSPS) is 24.4. The summed E-state index contributed by atoms with van der Waals surface area (Å²) >= 11 is 0. The molecule has 1 atom stereocenters. The van der Waals surface area contributed by atoms with Crippen LogP contribution in [0, 0.1) is 0 Å². The molecule has 0 saturated heterocycles. The van der Waals surface area contributed by atoms with Gasteiger partial charge in [-0.15, -0.1) is 0 Å². The molecule has 0 aliphatic carbocycles. The maximum atomic E-state index is 10.4. The van der Waals surface area contributed by atoms with Gasteiger partial charge in [-0.1, -0.05) is 0 Å². The molecular weight excluding hydrogens is 106 g/mol. The standard InChI is InChI=1S/C5H7NO2/c1-4(7)5-6-2-3-8-5/h2-3,5-6H,1H3. The Balaban J connectivity index is 2.41. The Morgan fingerprint density at radius 1 is 1.88 bits per heavy atom. The van der Waals surface area contributed by atoms with Crippen LogP contribution >= 0.6 is 0 Å². The van der Waals surface area contributed by atoms with E-state index < -0.39 is 6.23 Å². The van der Waals surface area contributed by atoms with Gasteiger partial charge in [-0.3, -0.25) is 4.79 Å². The molecule has 0 amide bonds. The Labute approximate surface area is 47.3 Å². The highest BCUT2D eigenvalue weighted by Crippen LogP contribution is 1.96. The molecule has 0 radical (unpaired) electrons. The minimum Gasteiger partial charge on any atom is -0.469 e. The van der Waals surface area contributed by atoms with Crippen molar-refractivity contribution in [2.75, 3.05) is 0 Å². The molecule has 1 aliphatic heterocycles. The van der Waals surface area contributed by atoms with E-state index in [1.807, 2.05) is 0 Å². The molecular formula is C5H7NO2. The number of hydrogen-bond acceptors (Lipinski definition) is 3. The van der Waals surface area contributed by atoms with E-state index in [0.29, 0.717) is 0 Å². The van der Waals surface area contributed by atoms with Crippen molar-refractivity contribution in [1.82, 2.24) is 5.32 Å². The van der Waals surface area contributed by atoms with Gasteiger partial charge in [-0.25, -0.2) is 0 Å². The fourth-order valence-electron chi connectivity index (χ4n) is 0.497. The van der Waals surface area contributed by atoms with Gasteiger partial charge >= 0.3 is 0 Å². The monoisotopic (exact) mass is 113 g/mol. The van der Waals surface area contributed by atoms with E-state index in [4.69, 9.17) is 4.74 Å². The Morgan fingerprint density at radius 2 is 2.62 bits per heavy atom. The highest BCUT2D eigenvalue weighted by Gasteiger charge is 2.13. The van der Waals surface area contributed by atoms with E-state index in [-0.39, 0.29) is 5.78 Å². The van der Waals surface area contributed by atoms with Crippen LogP contribution in [0.15, 0.2) is 12.5 Å². The lowest BCUT2D eigenvalue weighted by atomic mass is 10.4. The van der Waals surface area contributed by atoms with E-state index >= 15 is 0 Å². The highest BCUT2D eigenvalue weighted by atomic mass is 16.5. The number of Topliss-reactive ketones (excluding diaryl/α,β-unsaturated/α-hetero) is 1. The first kappa shape index (κ1) is 5.15. The summed E-state index contributed by atoms with van der Waals surface area (Å²) in [6.07, 6.45) is 2.63. The third kappa shape index (κ3) is 0.804. The van der Waals surface area contributed by atoms with Crippen molar-refractivity contribution >= 4 is 5.78 Å². The number of ketones is 1. The summed E-state index contributed by atoms with van der Waals surface area (Å²) in [6, 6.07) is 0. The lowest BCUT2D eigenvalue weighted by Crippen LogP contribution is -2.28. The summed E-state index contributed by atoms with van der Waals surface area (Å²) in [5.74, 6) is -0.00463. The summed E-state index contributed by atoms with van der Waals surface area (Å²) < 4.78 is 4.77. The van der Waals surface area contributed by atoms with Gasteiger partial charge in [-0.05, 0) is 0 Å². The Morgan fingerprint density at radius 3 is 2.88 bits per heavy atom. The fraction of sp³-hybridized carbons (Fsp3) is 0.400. The van der Waals surface area contributed by atoms with Crippen LogP contribution in [0.25, 0.3) is 0 Å². The van der Waals surface area contributed by atoms with Crippen LogP contribution in [0.5, 0.6) is 0 Å². The van der Waals surface area contributed by atoms with Gasteiger partial charge in [0, 0.05) is 13.1 Å². The lowest BCUT2D eigenvalue weighted by molar-refractivity contribution is -0.125. The Hall–Kier alpha value is -0.990. The summed E-state index contributed by atoms with van der Waals surface area (Å²) in [4.78, 5) is 10.4. The van der Waals surface area contributed by atoms with Crippen molar-refractivity contribution in [3.63, 3.8) is 0 Å². The van der Waals surface area contributed by atoms with E-state index in [1.165, 1.54) is 13.2 Å². The van der Waals surface area contributed by atoms with Crippen molar-refractivity contribution in [3.8, 4) is 0 Å². The quantitative estimate of drug-likeness (QED) is 0.520. The minimum absolute atomic E-state index is 0.00463. The zero-order valence-electron chi connectivity index (χ0n) is 4.55. The predicted octanol–water partition coefficient (Wildman–Crippen LogP) is -0.00750. The van der Waals surface area contributed by atoms with Crippen LogP contribution in [0.2, 0.25) is 0 Å². The van der Waals surface area contributed by atoms with Crippen LogP contribution in [0.1, 0.15) is 6.92 Å². The first-order valence-corrected chi connectivity index (χ1v) is 2.37. The number of hydrogen-bond donors (Lipinski definition) is 1.